The van der Waals surface area contributed by atoms with E-state index in [0.29, 0.717) is 30.3 Å². The van der Waals surface area contributed by atoms with Crippen LogP contribution in [0.3, 0.4) is 0 Å². The molecule has 0 unspecified atom stereocenters. The van der Waals surface area contributed by atoms with Crippen LogP contribution in [0.4, 0.5) is 0 Å². The standard InChI is InChI=1S/C19H26N4O4/c24-17(20-8-4-9-22-11-13-27-14-12-22)7-3-10-23-18(25)15-5-1-2-6-16(15)21-19(23)26/h1-2,5-6H,3-4,7-14H2,(H,20,24)(H,21,26)/p+1. The molecule has 0 aliphatic carbocycles. The predicted molar refractivity (Wildman–Crippen MR) is 102 cm³/mol. The van der Waals surface area contributed by atoms with Crippen molar-refractivity contribution in [1.29, 1.82) is 0 Å². The number of benzene rings is 1. The molecule has 8 heteroatoms. The molecule has 1 amide bonds. The smallest absolute Gasteiger partial charge is 0.328 e. The lowest BCUT2D eigenvalue weighted by atomic mass is 10.2. The molecule has 27 heavy (non-hydrogen) atoms. The Hall–Kier alpha value is -2.45. The molecule has 1 aliphatic heterocycles. The summed E-state index contributed by atoms with van der Waals surface area (Å²) < 4.78 is 6.49. The molecule has 2 aromatic rings. The van der Waals surface area contributed by atoms with Crippen LogP contribution in [0.2, 0.25) is 0 Å². The van der Waals surface area contributed by atoms with Gasteiger partial charge in [0.2, 0.25) is 5.91 Å². The van der Waals surface area contributed by atoms with Gasteiger partial charge in [-0.2, -0.15) is 0 Å². The molecule has 1 aromatic heterocycles. The first-order valence-corrected chi connectivity index (χ1v) is 9.55. The summed E-state index contributed by atoms with van der Waals surface area (Å²) in [5.74, 6) is -0.0442. The van der Waals surface area contributed by atoms with Crippen LogP contribution in [0, 0.1) is 0 Å². The number of hydrogen-bond acceptors (Lipinski definition) is 4. The summed E-state index contributed by atoms with van der Waals surface area (Å²) >= 11 is 0. The number of para-hydroxylation sites is 1. The summed E-state index contributed by atoms with van der Waals surface area (Å²) in [5, 5.41) is 3.39. The fourth-order valence-corrected chi connectivity index (χ4v) is 3.36. The maximum atomic E-state index is 12.4. The van der Waals surface area contributed by atoms with Crippen LogP contribution < -0.4 is 21.5 Å². The highest BCUT2D eigenvalue weighted by atomic mass is 16.5. The van der Waals surface area contributed by atoms with Crippen LogP contribution in [-0.2, 0) is 16.1 Å². The molecule has 1 saturated heterocycles. The number of aromatic amines is 1. The van der Waals surface area contributed by atoms with Crippen LogP contribution in [0.1, 0.15) is 19.3 Å². The van der Waals surface area contributed by atoms with Crippen molar-refractivity contribution in [1.82, 2.24) is 14.9 Å². The monoisotopic (exact) mass is 375 g/mol. The number of morpholine rings is 1. The SMILES string of the molecule is O=C(CCCn1c(=O)[nH]c2ccccc2c1=O)NCCC[NH+]1CCOCC1. The van der Waals surface area contributed by atoms with Crippen LogP contribution in [0.15, 0.2) is 33.9 Å². The average molecular weight is 375 g/mol. The predicted octanol–water partition coefficient (Wildman–Crippen LogP) is -1.11. The molecule has 0 saturated carbocycles. The summed E-state index contributed by atoms with van der Waals surface area (Å²) in [7, 11) is 0. The van der Waals surface area contributed by atoms with Gasteiger partial charge in [-0.25, -0.2) is 4.79 Å². The van der Waals surface area contributed by atoms with Gasteiger partial charge in [0.25, 0.3) is 5.56 Å². The van der Waals surface area contributed by atoms with E-state index in [4.69, 9.17) is 4.74 Å². The first-order chi connectivity index (χ1) is 13.1. The molecule has 0 bridgehead atoms. The molecule has 0 atom stereocenters. The molecule has 2 heterocycles. The van der Waals surface area contributed by atoms with E-state index in [0.717, 1.165) is 43.8 Å². The highest BCUT2D eigenvalue weighted by Crippen LogP contribution is 2.03. The Morgan fingerprint density at radius 1 is 1.19 bits per heavy atom. The van der Waals surface area contributed by atoms with Crippen molar-refractivity contribution >= 4 is 16.8 Å². The third-order valence-electron chi connectivity index (χ3n) is 4.90. The van der Waals surface area contributed by atoms with Crippen molar-refractivity contribution < 1.29 is 14.4 Å². The van der Waals surface area contributed by atoms with E-state index in [2.05, 4.69) is 10.3 Å². The molecule has 0 spiro atoms. The van der Waals surface area contributed by atoms with Gasteiger partial charge in [0.1, 0.15) is 13.1 Å². The second-order valence-corrected chi connectivity index (χ2v) is 6.85. The van der Waals surface area contributed by atoms with Gasteiger partial charge < -0.3 is 19.9 Å². The highest BCUT2D eigenvalue weighted by molar-refractivity contribution is 5.77. The van der Waals surface area contributed by atoms with Crippen LogP contribution in [0.5, 0.6) is 0 Å². The minimum absolute atomic E-state index is 0.0442. The van der Waals surface area contributed by atoms with E-state index in [1.54, 1.807) is 24.3 Å². The quantitative estimate of drug-likeness (QED) is 0.510. The maximum Gasteiger partial charge on any atom is 0.328 e. The van der Waals surface area contributed by atoms with Crippen molar-refractivity contribution in [3.8, 4) is 0 Å². The molecule has 1 aliphatic rings. The third-order valence-corrected chi connectivity index (χ3v) is 4.90. The van der Waals surface area contributed by atoms with Gasteiger partial charge in [0, 0.05) is 25.9 Å². The Balaban J connectivity index is 1.41. The van der Waals surface area contributed by atoms with Crippen molar-refractivity contribution in [2.75, 3.05) is 39.4 Å². The number of fused-ring (bicyclic) bond motifs is 1. The topological polar surface area (TPSA) is 97.6 Å². The number of nitrogens with zero attached hydrogens (tertiary/aromatic N) is 1. The first kappa shape index (κ1) is 19.3. The molecule has 0 radical (unpaired) electrons. The Morgan fingerprint density at radius 2 is 1.96 bits per heavy atom. The van der Waals surface area contributed by atoms with Gasteiger partial charge in [-0.15, -0.1) is 0 Å². The number of nitrogens with one attached hydrogen (secondary N) is 3. The number of H-pyrrole nitrogens is 1. The van der Waals surface area contributed by atoms with Crippen LogP contribution in [-0.4, -0.2) is 54.9 Å². The molecule has 3 N–H and O–H groups in total. The molecule has 3 rings (SSSR count). The van der Waals surface area contributed by atoms with Crippen LogP contribution >= 0.6 is 0 Å². The zero-order valence-electron chi connectivity index (χ0n) is 15.5. The van der Waals surface area contributed by atoms with E-state index in [1.165, 1.54) is 4.90 Å². The Bertz CT molecular complexity index is 883. The summed E-state index contributed by atoms with van der Waals surface area (Å²) in [4.78, 5) is 40.7. The van der Waals surface area contributed by atoms with Crippen molar-refractivity contribution in [2.24, 2.45) is 0 Å². The highest BCUT2D eigenvalue weighted by Gasteiger charge is 2.13. The largest absolute Gasteiger partial charge is 0.370 e. The number of carbonyl (C=O) groups excluding carboxylic acids is 1. The number of amides is 1. The van der Waals surface area contributed by atoms with E-state index in [-0.39, 0.29) is 18.0 Å². The number of carbonyl (C=O) groups is 1. The fourth-order valence-electron chi connectivity index (χ4n) is 3.36. The van der Waals surface area contributed by atoms with Crippen LogP contribution in [0.25, 0.3) is 10.9 Å². The Labute approximate surface area is 157 Å². The Morgan fingerprint density at radius 3 is 2.78 bits per heavy atom. The van der Waals surface area contributed by atoms with Gasteiger partial charge in [-0.3, -0.25) is 14.2 Å². The van der Waals surface area contributed by atoms with E-state index in [1.807, 2.05) is 0 Å². The molecular weight excluding hydrogens is 348 g/mol. The van der Waals surface area contributed by atoms with Gasteiger partial charge >= 0.3 is 5.69 Å². The number of ether oxygens (including phenoxy) is 1. The van der Waals surface area contributed by atoms with E-state index < -0.39 is 5.69 Å². The van der Waals surface area contributed by atoms with Crippen molar-refractivity contribution in [3.63, 3.8) is 0 Å². The fraction of sp³-hybridized carbons (Fsp3) is 0.526. The second kappa shape index (κ2) is 9.48. The first-order valence-electron chi connectivity index (χ1n) is 9.55. The lowest BCUT2D eigenvalue weighted by molar-refractivity contribution is -0.908. The zero-order valence-corrected chi connectivity index (χ0v) is 15.5. The van der Waals surface area contributed by atoms with E-state index in [9.17, 15) is 14.4 Å². The normalized spacial score (nSPS) is 15.1. The molecular formula is C19H27N4O4+. The summed E-state index contributed by atoms with van der Waals surface area (Å²) in [5.41, 5.74) is -0.222. The number of quaternary nitrogens is 1. The average Bonchev–Trinajstić information content (AvgIpc) is 2.68. The second-order valence-electron chi connectivity index (χ2n) is 6.85. The van der Waals surface area contributed by atoms with Gasteiger partial charge in [0.05, 0.1) is 30.7 Å². The summed E-state index contributed by atoms with van der Waals surface area (Å²) in [6, 6.07) is 6.92. The molecule has 8 nitrogen and oxygen atoms in total. The van der Waals surface area contributed by atoms with E-state index >= 15 is 0 Å². The Kier molecular flexibility index (Phi) is 6.78. The third kappa shape index (κ3) is 5.27. The van der Waals surface area contributed by atoms with Gasteiger partial charge in [0.15, 0.2) is 0 Å². The molecule has 146 valence electrons. The maximum absolute atomic E-state index is 12.4. The summed E-state index contributed by atoms with van der Waals surface area (Å²) in [6.45, 7) is 5.60. The minimum Gasteiger partial charge on any atom is -0.370 e. The van der Waals surface area contributed by atoms with Crippen molar-refractivity contribution in [3.05, 3.63) is 45.1 Å². The zero-order chi connectivity index (χ0) is 19.1. The molecule has 1 fully saturated rings. The lowest BCUT2D eigenvalue weighted by Gasteiger charge is -2.23. The number of hydrogen-bond donors (Lipinski definition) is 3. The number of aromatic nitrogens is 2. The van der Waals surface area contributed by atoms with Gasteiger partial charge in [-0.1, -0.05) is 12.1 Å². The lowest BCUT2D eigenvalue weighted by Crippen LogP contribution is -3.14. The van der Waals surface area contributed by atoms with Crippen molar-refractivity contribution in [2.45, 2.75) is 25.8 Å². The minimum atomic E-state index is -0.437. The summed E-state index contributed by atoms with van der Waals surface area (Å²) in [6.07, 6.45) is 1.68. The molecule has 1 aromatic carbocycles. The van der Waals surface area contributed by atoms with Gasteiger partial charge in [-0.05, 0) is 18.6 Å². The number of rotatable bonds is 8.